The normalized spacial score (nSPS) is 15.4. The van der Waals surface area contributed by atoms with E-state index >= 15 is 0 Å². The van der Waals surface area contributed by atoms with Crippen molar-refractivity contribution in [2.24, 2.45) is 4.99 Å². The highest BCUT2D eigenvalue weighted by Crippen LogP contribution is 2.48. The van der Waals surface area contributed by atoms with Gasteiger partial charge in [0.25, 0.3) is 0 Å². The largest absolute Gasteiger partial charge is 0.467 e. The molecule has 1 aromatic carbocycles. The summed E-state index contributed by atoms with van der Waals surface area (Å²) in [6.07, 6.45) is 3.43. The van der Waals surface area contributed by atoms with Gasteiger partial charge in [0.15, 0.2) is 5.96 Å². The standard InChI is InChI=1S/C19H23FN4O2/c1-21-18(23-12-17(25)22-11-14-5-4-10-26-14)24-13-19(8-9-19)15-6-2-3-7-16(15)20/h2-7,10H,8-9,11-13H2,1H3,(H,22,25)(H2,21,23,24). The molecule has 0 spiro atoms. The van der Waals surface area contributed by atoms with Crippen molar-refractivity contribution in [3.05, 3.63) is 59.8 Å². The zero-order valence-electron chi connectivity index (χ0n) is 14.7. The number of nitrogens with zero attached hydrogens (tertiary/aromatic N) is 1. The number of rotatable bonds is 7. The van der Waals surface area contributed by atoms with Crippen molar-refractivity contribution >= 4 is 11.9 Å². The minimum atomic E-state index is -0.190. The Bertz CT molecular complexity index is 770. The van der Waals surface area contributed by atoms with Crippen LogP contribution in [0.2, 0.25) is 0 Å². The molecule has 0 unspecified atom stereocenters. The molecule has 138 valence electrons. The molecule has 0 atom stereocenters. The lowest BCUT2D eigenvalue weighted by molar-refractivity contribution is -0.120. The van der Waals surface area contributed by atoms with Crippen LogP contribution in [0.15, 0.2) is 52.1 Å². The number of amides is 1. The van der Waals surface area contributed by atoms with Crippen molar-refractivity contribution < 1.29 is 13.6 Å². The van der Waals surface area contributed by atoms with E-state index in [4.69, 9.17) is 4.42 Å². The van der Waals surface area contributed by atoms with Crippen LogP contribution < -0.4 is 16.0 Å². The summed E-state index contributed by atoms with van der Waals surface area (Å²) < 4.78 is 19.2. The van der Waals surface area contributed by atoms with Crippen LogP contribution in [0.3, 0.4) is 0 Å². The molecular formula is C19H23FN4O2. The topological polar surface area (TPSA) is 78.7 Å². The summed E-state index contributed by atoms with van der Waals surface area (Å²) in [5, 5.41) is 8.92. The number of halogens is 1. The van der Waals surface area contributed by atoms with Gasteiger partial charge in [0, 0.05) is 19.0 Å². The number of hydrogen-bond donors (Lipinski definition) is 3. The maximum atomic E-state index is 14.1. The monoisotopic (exact) mass is 358 g/mol. The number of benzene rings is 1. The number of furan rings is 1. The Morgan fingerprint density at radius 1 is 1.19 bits per heavy atom. The van der Waals surface area contributed by atoms with Gasteiger partial charge in [-0.25, -0.2) is 4.39 Å². The lowest BCUT2D eigenvalue weighted by Gasteiger charge is -2.19. The molecule has 1 heterocycles. The zero-order valence-corrected chi connectivity index (χ0v) is 14.7. The summed E-state index contributed by atoms with van der Waals surface area (Å²) >= 11 is 0. The molecule has 6 nitrogen and oxygen atoms in total. The lowest BCUT2D eigenvalue weighted by Crippen LogP contribution is -2.45. The first-order valence-electron chi connectivity index (χ1n) is 8.61. The molecule has 1 aliphatic rings. The van der Waals surface area contributed by atoms with Crippen LogP contribution in [0.5, 0.6) is 0 Å². The van der Waals surface area contributed by atoms with Gasteiger partial charge in [0.2, 0.25) is 5.91 Å². The first-order chi connectivity index (χ1) is 12.6. The quantitative estimate of drug-likeness (QED) is 0.522. The van der Waals surface area contributed by atoms with E-state index in [9.17, 15) is 9.18 Å². The smallest absolute Gasteiger partial charge is 0.239 e. The third-order valence-corrected chi connectivity index (χ3v) is 4.57. The third-order valence-electron chi connectivity index (χ3n) is 4.57. The fourth-order valence-corrected chi connectivity index (χ4v) is 2.88. The van der Waals surface area contributed by atoms with Gasteiger partial charge in [-0.1, -0.05) is 18.2 Å². The van der Waals surface area contributed by atoms with Crippen molar-refractivity contribution in [3.63, 3.8) is 0 Å². The van der Waals surface area contributed by atoms with Gasteiger partial charge in [-0.05, 0) is 36.6 Å². The number of carbonyl (C=O) groups excluding carboxylic acids is 1. The van der Waals surface area contributed by atoms with E-state index in [2.05, 4.69) is 20.9 Å². The molecule has 0 aliphatic heterocycles. The van der Waals surface area contributed by atoms with Gasteiger partial charge in [-0.3, -0.25) is 9.79 Å². The Morgan fingerprint density at radius 3 is 2.65 bits per heavy atom. The fourth-order valence-electron chi connectivity index (χ4n) is 2.88. The van der Waals surface area contributed by atoms with Crippen LogP contribution >= 0.6 is 0 Å². The van der Waals surface area contributed by atoms with E-state index < -0.39 is 0 Å². The Labute approximate surface area is 151 Å². The Hall–Kier alpha value is -2.83. The van der Waals surface area contributed by atoms with Gasteiger partial charge in [-0.15, -0.1) is 0 Å². The van der Waals surface area contributed by atoms with E-state index in [1.54, 1.807) is 31.5 Å². The fraction of sp³-hybridized carbons (Fsp3) is 0.368. The van der Waals surface area contributed by atoms with Crippen LogP contribution in [0.25, 0.3) is 0 Å². The predicted octanol–water partition coefficient (Wildman–Crippen LogP) is 1.93. The molecule has 1 fully saturated rings. The maximum absolute atomic E-state index is 14.1. The summed E-state index contributed by atoms with van der Waals surface area (Å²) in [6, 6.07) is 10.5. The number of carbonyl (C=O) groups is 1. The average molecular weight is 358 g/mol. The molecule has 7 heteroatoms. The highest BCUT2D eigenvalue weighted by atomic mass is 19.1. The molecule has 26 heavy (non-hydrogen) atoms. The Kier molecular flexibility index (Phi) is 5.55. The molecule has 0 radical (unpaired) electrons. The molecule has 3 N–H and O–H groups in total. The summed E-state index contributed by atoms with van der Waals surface area (Å²) in [5.74, 6) is 0.869. The minimum Gasteiger partial charge on any atom is -0.467 e. The number of nitrogens with one attached hydrogen (secondary N) is 3. The van der Waals surface area contributed by atoms with E-state index in [0.29, 0.717) is 24.8 Å². The second kappa shape index (κ2) is 8.03. The molecule has 0 saturated heterocycles. The third kappa shape index (κ3) is 4.41. The summed E-state index contributed by atoms with van der Waals surface area (Å²) in [4.78, 5) is 16.0. The summed E-state index contributed by atoms with van der Waals surface area (Å²) in [6.45, 7) is 1.00. The van der Waals surface area contributed by atoms with Crippen LogP contribution in [0.4, 0.5) is 4.39 Å². The van der Waals surface area contributed by atoms with Gasteiger partial charge in [-0.2, -0.15) is 0 Å². The van der Waals surface area contributed by atoms with E-state index in [1.165, 1.54) is 6.07 Å². The van der Waals surface area contributed by atoms with Crippen LogP contribution in [-0.4, -0.2) is 32.0 Å². The molecule has 1 aromatic heterocycles. The minimum absolute atomic E-state index is 0.0904. The Morgan fingerprint density at radius 2 is 2.00 bits per heavy atom. The van der Waals surface area contributed by atoms with Crippen molar-refractivity contribution in [2.45, 2.75) is 24.8 Å². The van der Waals surface area contributed by atoms with Crippen molar-refractivity contribution in [2.75, 3.05) is 20.1 Å². The van der Waals surface area contributed by atoms with Crippen LogP contribution in [0, 0.1) is 5.82 Å². The van der Waals surface area contributed by atoms with E-state index in [1.807, 2.05) is 12.1 Å². The van der Waals surface area contributed by atoms with Gasteiger partial charge in [0.05, 0.1) is 19.4 Å². The number of guanidine groups is 1. The first-order valence-corrected chi connectivity index (χ1v) is 8.61. The summed E-state index contributed by atoms with van der Waals surface area (Å²) in [7, 11) is 1.64. The number of aliphatic imine (C=N–C) groups is 1. The molecular weight excluding hydrogens is 335 g/mol. The first kappa shape index (κ1) is 18.0. The van der Waals surface area contributed by atoms with Crippen LogP contribution in [0.1, 0.15) is 24.2 Å². The second-order valence-corrected chi connectivity index (χ2v) is 6.40. The van der Waals surface area contributed by atoms with Crippen molar-refractivity contribution in [1.29, 1.82) is 0 Å². The van der Waals surface area contributed by atoms with Crippen LogP contribution in [-0.2, 0) is 16.8 Å². The number of hydrogen-bond acceptors (Lipinski definition) is 3. The SMILES string of the molecule is CN=C(NCC(=O)NCc1ccco1)NCC1(c2ccccc2F)CC1. The van der Waals surface area contributed by atoms with E-state index in [0.717, 1.165) is 18.4 Å². The molecule has 3 rings (SSSR count). The molecule has 0 bridgehead atoms. The highest BCUT2D eigenvalue weighted by Gasteiger charge is 2.45. The zero-order chi connectivity index (χ0) is 18.4. The van der Waals surface area contributed by atoms with E-state index in [-0.39, 0.29) is 23.7 Å². The molecule has 1 amide bonds. The maximum Gasteiger partial charge on any atom is 0.239 e. The predicted molar refractivity (Wildman–Crippen MR) is 97.2 cm³/mol. The molecule has 1 saturated carbocycles. The second-order valence-electron chi connectivity index (χ2n) is 6.40. The molecule has 1 aliphatic carbocycles. The van der Waals surface area contributed by atoms with Gasteiger partial charge >= 0.3 is 0 Å². The lowest BCUT2D eigenvalue weighted by atomic mass is 9.95. The summed E-state index contributed by atoms with van der Waals surface area (Å²) in [5.41, 5.74) is 0.545. The van der Waals surface area contributed by atoms with Crippen molar-refractivity contribution in [1.82, 2.24) is 16.0 Å². The van der Waals surface area contributed by atoms with Crippen molar-refractivity contribution in [3.8, 4) is 0 Å². The Balaban J connectivity index is 1.45. The van der Waals surface area contributed by atoms with Gasteiger partial charge < -0.3 is 20.4 Å². The average Bonchev–Trinajstić information content (AvgIpc) is 3.25. The molecule has 2 aromatic rings. The highest BCUT2D eigenvalue weighted by molar-refractivity contribution is 5.86. The van der Waals surface area contributed by atoms with Gasteiger partial charge in [0.1, 0.15) is 11.6 Å².